The van der Waals surface area contributed by atoms with E-state index in [9.17, 15) is 13.2 Å². The minimum absolute atomic E-state index is 0.0697. The number of thioether (sulfide) groups is 1. The van der Waals surface area contributed by atoms with Gasteiger partial charge in [0.25, 0.3) is 15.9 Å². The lowest BCUT2D eigenvalue weighted by Crippen LogP contribution is -2.14. The number of pyridine rings is 1. The van der Waals surface area contributed by atoms with Gasteiger partial charge in [-0.25, -0.2) is 13.4 Å². The Morgan fingerprint density at radius 2 is 1.72 bits per heavy atom. The van der Waals surface area contributed by atoms with Crippen LogP contribution in [0.4, 0.5) is 11.4 Å². The van der Waals surface area contributed by atoms with Crippen molar-refractivity contribution in [3.8, 4) is 11.5 Å². The number of carbonyl (C=O) groups excluding carboxylic acids is 1. The van der Waals surface area contributed by atoms with E-state index in [1.807, 2.05) is 6.26 Å². The zero-order chi connectivity index (χ0) is 22.6. The molecule has 4 rings (SSSR count). The molecule has 1 aromatic heterocycles. The fourth-order valence-electron chi connectivity index (χ4n) is 3.07. The topological polar surface area (TPSA) is 107 Å². The van der Waals surface area contributed by atoms with E-state index < -0.39 is 10.0 Å². The minimum atomic E-state index is -3.83. The van der Waals surface area contributed by atoms with Gasteiger partial charge in [0, 0.05) is 30.1 Å². The standard InChI is InChI=1S/C22H21N3O5S2/c1-31-22-18(4-2-11-23-22)21(26)24-15-5-7-16(8-6-15)25-32(27,28)17-9-10-19-20(14-17)30-13-3-12-29-19/h2,4-11,14,25H,3,12-13H2,1H3,(H,24,26). The van der Waals surface area contributed by atoms with Gasteiger partial charge in [-0.15, -0.1) is 11.8 Å². The SMILES string of the molecule is CSc1ncccc1C(=O)Nc1ccc(NS(=O)(=O)c2ccc3c(c2)OCCCO3)cc1. The quantitative estimate of drug-likeness (QED) is 0.523. The molecule has 0 fully saturated rings. The number of sulfonamides is 1. The van der Waals surface area contributed by atoms with E-state index in [1.165, 1.54) is 23.9 Å². The van der Waals surface area contributed by atoms with Crippen molar-refractivity contribution in [1.82, 2.24) is 4.98 Å². The number of aromatic nitrogens is 1. The molecule has 32 heavy (non-hydrogen) atoms. The van der Waals surface area contributed by atoms with Crippen LogP contribution in [-0.2, 0) is 10.0 Å². The van der Waals surface area contributed by atoms with Crippen LogP contribution >= 0.6 is 11.8 Å². The van der Waals surface area contributed by atoms with E-state index in [2.05, 4.69) is 15.0 Å². The second kappa shape index (κ2) is 9.49. The number of carbonyl (C=O) groups is 1. The van der Waals surface area contributed by atoms with Gasteiger partial charge in [-0.1, -0.05) is 0 Å². The monoisotopic (exact) mass is 471 g/mol. The summed E-state index contributed by atoms with van der Waals surface area (Å²) in [5, 5.41) is 3.42. The summed E-state index contributed by atoms with van der Waals surface area (Å²) in [4.78, 5) is 16.8. The van der Waals surface area contributed by atoms with Crippen molar-refractivity contribution in [1.29, 1.82) is 0 Å². The summed E-state index contributed by atoms with van der Waals surface area (Å²) >= 11 is 1.39. The molecule has 0 spiro atoms. The average molecular weight is 472 g/mol. The predicted molar refractivity (Wildman–Crippen MR) is 123 cm³/mol. The van der Waals surface area contributed by atoms with Gasteiger partial charge in [0.15, 0.2) is 11.5 Å². The third-order valence-corrected chi connectivity index (χ3v) is 6.72. The Morgan fingerprint density at radius 3 is 2.47 bits per heavy atom. The van der Waals surface area contributed by atoms with Crippen LogP contribution in [0.1, 0.15) is 16.8 Å². The number of benzene rings is 2. The first-order valence-electron chi connectivity index (χ1n) is 9.79. The normalized spacial score (nSPS) is 13.2. The fraction of sp³-hybridized carbons (Fsp3) is 0.182. The molecule has 1 aliphatic heterocycles. The molecule has 2 N–H and O–H groups in total. The van der Waals surface area contributed by atoms with Crippen molar-refractivity contribution in [2.75, 3.05) is 29.5 Å². The van der Waals surface area contributed by atoms with Crippen molar-refractivity contribution in [2.45, 2.75) is 16.3 Å². The Balaban J connectivity index is 1.46. The van der Waals surface area contributed by atoms with Crippen LogP contribution in [-0.4, -0.2) is 38.8 Å². The van der Waals surface area contributed by atoms with Crippen molar-refractivity contribution < 1.29 is 22.7 Å². The second-order valence-electron chi connectivity index (χ2n) is 6.86. The van der Waals surface area contributed by atoms with Crippen molar-refractivity contribution in [3.05, 3.63) is 66.4 Å². The lowest BCUT2D eigenvalue weighted by atomic mass is 10.2. The number of fused-ring (bicyclic) bond motifs is 1. The number of ether oxygens (including phenoxy) is 2. The van der Waals surface area contributed by atoms with Gasteiger partial charge in [-0.05, 0) is 54.8 Å². The molecule has 1 aliphatic rings. The molecule has 0 radical (unpaired) electrons. The van der Waals surface area contributed by atoms with Gasteiger partial charge in [0.05, 0.1) is 23.7 Å². The third-order valence-electron chi connectivity index (χ3n) is 4.63. The van der Waals surface area contributed by atoms with Crippen LogP contribution in [0.2, 0.25) is 0 Å². The van der Waals surface area contributed by atoms with Crippen molar-refractivity contribution in [3.63, 3.8) is 0 Å². The van der Waals surface area contributed by atoms with Crippen LogP contribution in [0.15, 0.2) is 70.7 Å². The molecule has 3 aromatic rings. The maximum Gasteiger partial charge on any atom is 0.262 e. The molecule has 2 heterocycles. The smallest absolute Gasteiger partial charge is 0.262 e. The first kappa shape index (κ1) is 22.0. The average Bonchev–Trinajstić information content (AvgIpc) is 3.05. The number of nitrogens with zero attached hydrogens (tertiary/aromatic N) is 1. The number of hydrogen-bond donors (Lipinski definition) is 2. The molecule has 2 aromatic carbocycles. The number of amides is 1. The maximum atomic E-state index is 12.8. The highest BCUT2D eigenvalue weighted by Crippen LogP contribution is 2.32. The number of nitrogens with one attached hydrogen (secondary N) is 2. The predicted octanol–water partition coefficient (Wildman–Crippen LogP) is 4.02. The van der Waals surface area contributed by atoms with Crippen LogP contribution in [0.25, 0.3) is 0 Å². The summed E-state index contributed by atoms with van der Waals surface area (Å²) in [6.07, 6.45) is 4.22. The van der Waals surface area contributed by atoms with Gasteiger partial charge < -0.3 is 14.8 Å². The molecule has 0 unspecified atom stereocenters. The molecule has 1 amide bonds. The molecule has 0 atom stereocenters. The zero-order valence-corrected chi connectivity index (χ0v) is 18.8. The van der Waals surface area contributed by atoms with Crippen LogP contribution in [0, 0.1) is 0 Å². The van der Waals surface area contributed by atoms with Gasteiger partial charge in [-0.3, -0.25) is 9.52 Å². The second-order valence-corrected chi connectivity index (χ2v) is 9.33. The van der Waals surface area contributed by atoms with E-state index in [0.717, 1.165) is 6.42 Å². The molecule has 0 bridgehead atoms. The minimum Gasteiger partial charge on any atom is -0.490 e. The Hall–Kier alpha value is -3.24. The molecule has 0 saturated carbocycles. The highest BCUT2D eigenvalue weighted by Gasteiger charge is 2.19. The Kier molecular flexibility index (Phi) is 6.52. The van der Waals surface area contributed by atoms with E-state index in [0.29, 0.717) is 46.7 Å². The molecule has 0 saturated heterocycles. The van der Waals surface area contributed by atoms with Gasteiger partial charge >= 0.3 is 0 Å². The molecular weight excluding hydrogens is 450 g/mol. The van der Waals surface area contributed by atoms with Gasteiger partial charge in [0.2, 0.25) is 0 Å². The Morgan fingerprint density at radius 1 is 1.00 bits per heavy atom. The first-order valence-corrected chi connectivity index (χ1v) is 12.5. The number of anilines is 2. The summed E-state index contributed by atoms with van der Waals surface area (Å²) in [6.45, 7) is 0.994. The van der Waals surface area contributed by atoms with Gasteiger partial charge in [0.1, 0.15) is 5.03 Å². The molecular formula is C22H21N3O5S2. The summed E-state index contributed by atoms with van der Waals surface area (Å²) in [7, 11) is -3.83. The third kappa shape index (κ3) is 4.97. The van der Waals surface area contributed by atoms with Crippen molar-refractivity contribution in [2.24, 2.45) is 0 Å². The summed E-state index contributed by atoms with van der Waals surface area (Å²) in [5.41, 5.74) is 1.37. The van der Waals surface area contributed by atoms with Crippen LogP contribution in [0.3, 0.4) is 0 Å². The largest absolute Gasteiger partial charge is 0.490 e. The van der Waals surface area contributed by atoms with E-state index >= 15 is 0 Å². The molecule has 8 nitrogen and oxygen atoms in total. The molecule has 166 valence electrons. The van der Waals surface area contributed by atoms with Crippen LogP contribution < -0.4 is 19.5 Å². The number of hydrogen-bond acceptors (Lipinski definition) is 7. The van der Waals surface area contributed by atoms with Gasteiger partial charge in [-0.2, -0.15) is 0 Å². The summed E-state index contributed by atoms with van der Waals surface area (Å²) in [5.74, 6) is 0.645. The molecule has 10 heteroatoms. The highest BCUT2D eigenvalue weighted by molar-refractivity contribution is 7.98. The Labute approximate surface area is 190 Å². The number of rotatable bonds is 6. The molecule has 0 aliphatic carbocycles. The zero-order valence-electron chi connectivity index (χ0n) is 17.2. The van der Waals surface area contributed by atoms with E-state index in [1.54, 1.807) is 48.7 Å². The highest BCUT2D eigenvalue weighted by atomic mass is 32.2. The Bertz CT molecular complexity index is 1230. The van der Waals surface area contributed by atoms with Crippen molar-refractivity contribution >= 4 is 39.1 Å². The van der Waals surface area contributed by atoms with E-state index in [-0.39, 0.29) is 10.8 Å². The first-order chi connectivity index (χ1) is 15.5. The van der Waals surface area contributed by atoms with Crippen LogP contribution in [0.5, 0.6) is 11.5 Å². The summed E-state index contributed by atoms with van der Waals surface area (Å²) < 4.78 is 39.3. The summed E-state index contributed by atoms with van der Waals surface area (Å²) in [6, 6.07) is 14.3. The maximum absolute atomic E-state index is 12.8. The van der Waals surface area contributed by atoms with E-state index in [4.69, 9.17) is 9.47 Å². The fourth-order valence-corrected chi connectivity index (χ4v) is 4.69. The lowest BCUT2D eigenvalue weighted by Gasteiger charge is -2.12. The lowest BCUT2D eigenvalue weighted by molar-refractivity contribution is 0.102.